The molecule has 2 aromatic rings. The number of amides is 2. The summed E-state index contributed by atoms with van der Waals surface area (Å²) >= 11 is 0. The van der Waals surface area contributed by atoms with E-state index in [-0.39, 0.29) is 24.2 Å². The SMILES string of the molecule is O=C(OCC(=O)N1CCCC1)c1ccc(NC(=O)c2ccco2)cc1. The van der Waals surface area contributed by atoms with Crippen molar-refractivity contribution in [3.63, 3.8) is 0 Å². The molecule has 2 heterocycles. The number of furan rings is 1. The number of ether oxygens (including phenoxy) is 1. The van der Waals surface area contributed by atoms with Crippen LogP contribution in [-0.2, 0) is 9.53 Å². The fourth-order valence-electron chi connectivity index (χ4n) is 2.56. The third-order valence-corrected chi connectivity index (χ3v) is 3.91. The molecule has 0 aliphatic carbocycles. The molecule has 1 aliphatic rings. The quantitative estimate of drug-likeness (QED) is 0.842. The van der Waals surface area contributed by atoms with Gasteiger partial charge in [-0.05, 0) is 49.2 Å². The summed E-state index contributed by atoms with van der Waals surface area (Å²) in [5, 5.41) is 2.65. The average Bonchev–Trinajstić information content (AvgIpc) is 3.33. The molecule has 1 aromatic carbocycles. The zero-order chi connectivity index (χ0) is 17.6. The van der Waals surface area contributed by atoms with Crippen LogP contribution in [0.3, 0.4) is 0 Å². The van der Waals surface area contributed by atoms with Crippen molar-refractivity contribution in [3.05, 3.63) is 54.0 Å². The van der Waals surface area contributed by atoms with E-state index in [4.69, 9.17) is 9.15 Å². The molecule has 0 saturated carbocycles. The number of carbonyl (C=O) groups is 3. The number of anilines is 1. The second-order valence-corrected chi connectivity index (χ2v) is 5.67. The van der Waals surface area contributed by atoms with Crippen LogP contribution in [0.5, 0.6) is 0 Å². The summed E-state index contributed by atoms with van der Waals surface area (Å²) in [5.74, 6) is -0.926. The van der Waals surface area contributed by atoms with E-state index < -0.39 is 5.97 Å². The number of esters is 1. The van der Waals surface area contributed by atoms with E-state index in [9.17, 15) is 14.4 Å². The van der Waals surface area contributed by atoms with E-state index in [1.54, 1.807) is 29.2 Å². The highest BCUT2D eigenvalue weighted by Gasteiger charge is 2.19. The third-order valence-electron chi connectivity index (χ3n) is 3.91. The van der Waals surface area contributed by atoms with Crippen LogP contribution in [0, 0.1) is 0 Å². The van der Waals surface area contributed by atoms with Gasteiger partial charge in [0.05, 0.1) is 11.8 Å². The largest absolute Gasteiger partial charge is 0.459 e. The Morgan fingerprint density at radius 3 is 2.44 bits per heavy atom. The predicted molar refractivity (Wildman–Crippen MR) is 89.2 cm³/mol. The van der Waals surface area contributed by atoms with Crippen LogP contribution in [0.25, 0.3) is 0 Å². The zero-order valence-electron chi connectivity index (χ0n) is 13.6. The van der Waals surface area contributed by atoms with Gasteiger partial charge in [-0.25, -0.2) is 4.79 Å². The summed E-state index contributed by atoms with van der Waals surface area (Å²) in [6.07, 6.45) is 3.40. The number of likely N-dealkylation sites (tertiary alicyclic amines) is 1. The van der Waals surface area contributed by atoms with Crippen LogP contribution in [0.2, 0.25) is 0 Å². The number of nitrogens with zero attached hydrogens (tertiary/aromatic N) is 1. The normalized spacial score (nSPS) is 13.5. The van der Waals surface area contributed by atoms with Crippen molar-refractivity contribution in [1.29, 1.82) is 0 Å². The lowest BCUT2D eigenvalue weighted by atomic mass is 10.2. The Balaban J connectivity index is 1.51. The molecule has 0 radical (unpaired) electrons. The summed E-state index contributed by atoms with van der Waals surface area (Å²) in [6, 6.07) is 9.40. The highest BCUT2D eigenvalue weighted by molar-refractivity contribution is 6.02. The number of hydrogen-bond acceptors (Lipinski definition) is 5. The minimum absolute atomic E-state index is 0.173. The van der Waals surface area contributed by atoms with E-state index in [1.165, 1.54) is 18.4 Å². The van der Waals surface area contributed by atoms with Crippen molar-refractivity contribution in [1.82, 2.24) is 4.90 Å². The first kappa shape index (κ1) is 16.8. The van der Waals surface area contributed by atoms with Crippen LogP contribution in [-0.4, -0.2) is 42.4 Å². The minimum atomic E-state index is -0.573. The van der Waals surface area contributed by atoms with Gasteiger partial charge < -0.3 is 19.4 Å². The summed E-state index contributed by atoms with van der Waals surface area (Å²) in [7, 11) is 0. The molecular weight excluding hydrogens is 324 g/mol. The monoisotopic (exact) mass is 342 g/mol. The Hall–Kier alpha value is -3.09. The molecule has 1 saturated heterocycles. The molecule has 130 valence electrons. The first-order valence-corrected chi connectivity index (χ1v) is 8.03. The number of hydrogen-bond donors (Lipinski definition) is 1. The fraction of sp³-hybridized carbons (Fsp3) is 0.278. The van der Waals surface area contributed by atoms with E-state index in [0.29, 0.717) is 11.3 Å². The summed E-state index contributed by atoms with van der Waals surface area (Å²) in [4.78, 5) is 37.4. The Morgan fingerprint density at radius 1 is 1.08 bits per heavy atom. The lowest BCUT2D eigenvalue weighted by Crippen LogP contribution is -2.32. The zero-order valence-corrected chi connectivity index (χ0v) is 13.6. The molecule has 7 heteroatoms. The Morgan fingerprint density at radius 2 is 1.80 bits per heavy atom. The topological polar surface area (TPSA) is 88.9 Å². The van der Waals surface area contributed by atoms with Gasteiger partial charge in [0.2, 0.25) is 0 Å². The van der Waals surface area contributed by atoms with Gasteiger partial charge in [-0.3, -0.25) is 9.59 Å². The highest BCUT2D eigenvalue weighted by Crippen LogP contribution is 2.13. The first-order valence-electron chi connectivity index (χ1n) is 8.03. The molecule has 1 fully saturated rings. The number of rotatable bonds is 5. The molecule has 0 spiro atoms. The minimum Gasteiger partial charge on any atom is -0.459 e. The van der Waals surface area contributed by atoms with Crippen molar-refractivity contribution in [2.45, 2.75) is 12.8 Å². The van der Waals surface area contributed by atoms with E-state index in [2.05, 4.69) is 5.32 Å². The average molecular weight is 342 g/mol. The molecule has 3 rings (SSSR count). The van der Waals surface area contributed by atoms with Crippen molar-refractivity contribution in [2.24, 2.45) is 0 Å². The lowest BCUT2D eigenvalue weighted by molar-refractivity contribution is -0.133. The van der Waals surface area contributed by atoms with Gasteiger partial charge in [0, 0.05) is 18.8 Å². The Labute approximate surface area is 144 Å². The summed E-state index contributed by atoms with van der Waals surface area (Å²) in [6.45, 7) is 1.19. The lowest BCUT2D eigenvalue weighted by Gasteiger charge is -2.14. The fourth-order valence-corrected chi connectivity index (χ4v) is 2.56. The van der Waals surface area contributed by atoms with Crippen LogP contribution in [0.15, 0.2) is 47.1 Å². The second kappa shape index (κ2) is 7.65. The Kier molecular flexibility index (Phi) is 5.13. The highest BCUT2D eigenvalue weighted by atomic mass is 16.5. The third kappa shape index (κ3) is 4.26. The van der Waals surface area contributed by atoms with Crippen LogP contribution in [0.4, 0.5) is 5.69 Å². The van der Waals surface area contributed by atoms with Crippen LogP contribution in [0.1, 0.15) is 33.8 Å². The predicted octanol–water partition coefficient (Wildman–Crippen LogP) is 2.31. The van der Waals surface area contributed by atoms with Crippen molar-refractivity contribution in [3.8, 4) is 0 Å². The Bertz CT molecular complexity index is 746. The van der Waals surface area contributed by atoms with Gasteiger partial charge in [-0.1, -0.05) is 0 Å². The molecule has 0 atom stereocenters. The molecule has 1 N–H and O–H groups in total. The summed E-state index contributed by atoms with van der Waals surface area (Å²) in [5.41, 5.74) is 0.830. The van der Waals surface area contributed by atoms with Gasteiger partial charge in [0.1, 0.15) is 0 Å². The van der Waals surface area contributed by atoms with Gasteiger partial charge in [-0.15, -0.1) is 0 Å². The number of benzene rings is 1. The maximum absolute atomic E-state index is 12.0. The molecule has 1 aromatic heterocycles. The molecule has 25 heavy (non-hydrogen) atoms. The standard InChI is InChI=1S/C18H18N2O5/c21-16(20-9-1-2-10-20)12-25-18(23)13-5-7-14(8-6-13)19-17(22)15-4-3-11-24-15/h3-8,11H,1-2,9-10,12H2,(H,19,22). The van der Waals surface area contributed by atoms with Crippen molar-refractivity contribution in [2.75, 3.05) is 25.0 Å². The number of carbonyl (C=O) groups excluding carboxylic acids is 3. The molecule has 0 bridgehead atoms. The van der Waals surface area contributed by atoms with E-state index in [0.717, 1.165) is 25.9 Å². The number of nitrogens with one attached hydrogen (secondary N) is 1. The molecular formula is C18H18N2O5. The smallest absolute Gasteiger partial charge is 0.338 e. The molecule has 7 nitrogen and oxygen atoms in total. The molecule has 0 unspecified atom stereocenters. The van der Waals surface area contributed by atoms with Crippen molar-refractivity contribution >= 4 is 23.5 Å². The maximum atomic E-state index is 12.0. The molecule has 2 amide bonds. The van der Waals surface area contributed by atoms with Crippen molar-refractivity contribution < 1.29 is 23.5 Å². The molecule has 1 aliphatic heterocycles. The van der Waals surface area contributed by atoms with Gasteiger partial charge in [0.15, 0.2) is 12.4 Å². The second-order valence-electron chi connectivity index (χ2n) is 5.67. The van der Waals surface area contributed by atoms with E-state index >= 15 is 0 Å². The van der Waals surface area contributed by atoms with Crippen LogP contribution < -0.4 is 5.32 Å². The first-order chi connectivity index (χ1) is 12.1. The van der Waals surface area contributed by atoms with Gasteiger partial charge in [-0.2, -0.15) is 0 Å². The van der Waals surface area contributed by atoms with E-state index in [1.807, 2.05) is 0 Å². The maximum Gasteiger partial charge on any atom is 0.338 e. The van der Waals surface area contributed by atoms with Gasteiger partial charge in [0.25, 0.3) is 11.8 Å². The summed E-state index contributed by atoms with van der Waals surface area (Å²) < 4.78 is 10.1. The van der Waals surface area contributed by atoms with Crippen LogP contribution >= 0.6 is 0 Å². The van der Waals surface area contributed by atoms with Gasteiger partial charge >= 0.3 is 5.97 Å².